The largest absolute Gasteiger partial charge is 0.244 e. The van der Waals surface area contributed by atoms with Gasteiger partial charge in [-0.1, -0.05) is 38.0 Å². The summed E-state index contributed by atoms with van der Waals surface area (Å²) in [5.74, 6) is 0. The Morgan fingerprint density at radius 3 is 1.18 bits per heavy atom. The van der Waals surface area contributed by atoms with Crippen LogP contribution in [0.25, 0.3) is 0 Å². The Balaban J connectivity index is 0. The van der Waals surface area contributed by atoms with Crippen molar-refractivity contribution >= 4 is 0 Å². The highest BCUT2D eigenvalue weighted by Crippen LogP contribution is 1.94. The summed E-state index contributed by atoms with van der Waals surface area (Å²) in [6.45, 7) is 11.7. The van der Waals surface area contributed by atoms with Crippen molar-refractivity contribution in [3.8, 4) is 0 Å². The van der Waals surface area contributed by atoms with Gasteiger partial charge in [0.1, 0.15) is 11.4 Å². The van der Waals surface area contributed by atoms with Gasteiger partial charge in [-0.05, 0) is 13.8 Å². The van der Waals surface area contributed by atoms with E-state index in [-0.39, 0.29) is 0 Å². The standard InChI is InChI=1S/C4H6N2O.2C2H6/c1-3-4(2)6-7-5-3;2*1-2/h1-2H3;2*1-2H3. The molecule has 11 heavy (non-hydrogen) atoms. The molecule has 1 heterocycles. The topological polar surface area (TPSA) is 38.9 Å². The van der Waals surface area contributed by atoms with Crippen LogP contribution in [0.1, 0.15) is 39.1 Å². The molecular formula is C8H18N2O. The van der Waals surface area contributed by atoms with Crippen LogP contribution in [-0.2, 0) is 0 Å². The van der Waals surface area contributed by atoms with Gasteiger partial charge in [0.25, 0.3) is 0 Å². The van der Waals surface area contributed by atoms with E-state index in [1.54, 1.807) is 0 Å². The molecule has 0 amide bonds. The zero-order valence-corrected chi connectivity index (χ0v) is 8.30. The molecule has 0 unspecified atom stereocenters. The summed E-state index contributed by atoms with van der Waals surface area (Å²) in [5, 5.41) is 7.06. The Morgan fingerprint density at radius 1 is 0.818 bits per heavy atom. The quantitative estimate of drug-likeness (QED) is 0.582. The van der Waals surface area contributed by atoms with Crippen molar-refractivity contribution in [2.45, 2.75) is 41.5 Å². The van der Waals surface area contributed by atoms with Crippen molar-refractivity contribution in [1.29, 1.82) is 0 Å². The molecule has 0 N–H and O–H groups in total. The Morgan fingerprint density at radius 2 is 1.09 bits per heavy atom. The molecule has 0 aliphatic carbocycles. The van der Waals surface area contributed by atoms with Crippen LogP contribution in [0.15, 0.2) is 4.63 Å². The van der Waals surface area contributed by atoms with E-state index in [1.807, 2.05) is 41.5 Å². The first kappa shape index (κ1) is 12.8. The fourth-order valence-electron chi connectivity index (χ4n) is 0.275. The van der Waals surface area contributed by atoms with E-state index in [9.17, 15) is 0 Å². The molecule has 0 aliphatic rings. The summed E-state index contributed by atoms with van der Waals surface area (Å²) in [5.41, 5.74) is 1.72. The van der Waals surface area contributed by atoms with Gasteiger partial charge in [0.15, 0.2) is 0 Å². The van der Waals surface area contributed by atoms with E-state index in [0.717, 1.165) is 11.4 Å². The molecule has 3 heteroatoms. The molecule has 1 rings (SSSR count). The molecule has 1 aromatic rings. The third-order valence-electron chi connectivity index (χ3n) is 0.879. The van der Waals surface area contributed by atoms with Gasteiger partial charge in [-0.2, -0.15) is 0 Å². The number of aromatic nitrogens is 2. The minimum atomic E-state index is 0.861. The lowest BCUT2D eigenvalue weighted by Crippen LogP contribution is -1.71. The summed E-state index contributed by atoms with van der Waals surface area (Å²) in [6.07, 6.45) is 0. The first-order valence-electron chi connectivity index (χ1n) is 4.06. The number of hydrogen-bond acceptors (Lipinski definition) is 3. The number of rotatable bonds is 0. The van der Waals surface area contributed by atoms with Gasteiger partial charge in [0.2, 0.25) is 0 Å². The van der Waals surface area contributed by atoms with Crippen LogP contribution in [0, 0.1) is 13.8 Å². The molecule has 0 aromatic carbocycles. The fourth-order valence-corrected chi connectivity index (χ4v) is 0.275. The smallest absolute Gasteiger partial charge is 0.104 e. The molecule has 0 radical (unpaired) electrons. The van der Waals surface area contributed by atoms with Crippen molar-refractivity contribution in [3.05, 3.63) is 11.4 Å². The average Bonchev–Trinajstić information content (AvgIpc) is 2.44. The molecule has 0 saturated carbocycles. The number of nitrogens with zero attached hydrogens (tertiary/aromatic N) is 2. The van der Waals surface area contributed by atoms with Gasteiger partial charge in [-0.15, -0.1) is 0 Å². The summed E-state index contributed by atoms with van der Waals surface area (Å²) >= 11 is 0. The summed E-state index contributed by atoms with van der Waals surface area (Å²) in [6, 6.07) is 0. The van der Waals surface area contributed by atoms with Gasteiger partial charge >= 0.3 is 0 Å². The predicted molar refractivity (Wildman–Crippen MR) is 46.5 cm³/mol. The van der Waals surface area contributed by atoms with Crippen molar-refractivity contribution in [1.82, 2.24) is 10.3 Å². The van der Waals surface area contributed by atoms with E-state index in [1.165, 1.54) is 0 Å². The predicted octanol–water partition coefficient (Wildman–Crippen LogP) is 2.74. The summed E-state index contributed by atoms with van der Waals surface area (Å²) < 4.78 is 4.34. The van der Waals surface area contributed by atoms with Crippen LogP contribution < -0.4 is 0 Å². The SMILES string of the molecule is CC.CC.Cc1nonc1C. The molecule has 0 fully saturated rings. The first-order valence-corrected chi connectivity index (χ1v) is 4.06. The lowest BCUT2D eigenvalue weighted by atomic mass is 10.4. The molecule has 0 saturated heterocycles. The maximum atomic E-state index is 4.34. The molecule has 0 atom stereocenters. The Kier molecular flexibility index (Phi) is 10.6. The monoisotopic (exact) mass is 158 g/mol. The second kappa shape index (κ2) is 9.14. The molecule has 3 nitrogen and oxygen atoms in total. The van der Waals surface area contributed by atoms with Crippen molar-refractivity contribution < 1.29 is 4.63 Å². The minimum absolute atomic E-state index is 0.861. The maximum Gasteiger partial charge on any atom is 0.104 e. The highest BCUT2D eigenvalue weighted by molar-refractivity contribution is 5.00. The van der Waals surface area contributed by atoms with Crippen LogP contribution in [0.2, 0.25) is 0 Å². The normalized spacial score (nSPS) is 7.09. The van der Waals surface area contributed by atoms with E-state index < -0.39 is 0 Å². The third-order valence-corrected chi connectivity index (χ3v) is 0.879. The molecular weight excluding hydrogens is 140 g/mol. The number of aryl methyl sites for hydroxylation is 2. The molecule has 66 valence electrons. The molecule has 0 aliphatic heterocycles. The molecule has 1 aromatic heterocycles. The molecule has 0 spiro atoms. The van der Waals surface area contributed by atoms with E-state index in [0.29, 0.717) is 0 Å². The Bertz CT molecular complexity index is 144. The highest BCUT2D eigenvalue weighted by atomic mass is 16.6. The van der Waals surface area contributed by atoms with Crippen LogP contribution in [0.4, 0.5) is 0 Å². The van der Waals surface area contributed by atoms with Crippen molar-refractivity contribution in [3.63, 3.8) is 0 Å². The average molecular weight is 158 g/mol. The Labute approximate surface area is 68.8 Å². The molecule has 0 bridgehead atoms. The number of hydrogen-bond donors (Lipinski definition) is 0. The Hall–Kier alpha value is -0.860. The van der Waals surface area contributed by atoms with Crippen molar-refractivity contribution in [2.75, 3.05) is 0 Å². The summed E-state index contributed by atoms with van der Waals surface area (Å²) in [4.78, 5) is 0. The third kappa shape index (κ3) is 5.58. The van der Waals surface area contributed by atoms with Gasteiger partial charge in [0, 0.05) is 0 Å². The second-order valence-corrected chi connectivity index (χ2v) is 1.44. The van der Waals surface area contributed by atoms with Crippen LogP contribution >= 0.6 is 0 Å². The zero-order chi connectivity index (χ0) is 9.28. The van der Waals surface area contributed by atoms with Gasteiger partial charge in [-0.25, -0.2) is 4.63 Å². The van der Waals surface area contributed by atoms with Gasteiger partial charge in [-0.3, -0.25) is 0 Å². The van der Waals surface area contributed by atoms with E-state index in [2.05, 4.69) is 14.9 Å². The minimum Gasteiger partial charge on any atom is -0.244 e. The lowest BCUT2D eigenvalue weighted by Gasteiger charge is -1.71. The van der Waals surface area contributed by atoms with Crippen LogP contribution in [-0.4, -0.2) is 10.3 Å². The van der Waals surface area contributed by atoms with Crippen LogP contribution in [0.3, 0.4) is 0 Å². The van der Waals surface area contributed by atoms with E-state index >= 15 is 0 Å². The van der Waals surface area contributed by atoms with Gasteiger partial charge < -0.3 is 0 Å². The maximum absolute atomic E-state index is 4.34. The fraction of sp³-hybridized carbons (Fsp3) is 0.750. The summed E-state index contributed by atoms with van der Waals surface area (Å²) in [7, 11) is 0. The zero-order valence-electron chi connectivity index (χ0n) is 8.30. The van der Waals surface area contributed by atoms with Gasteiger partial charge in [0.05, 0.1) is 0 Å². The second-order valence-electron chi connectivity index (χ2n) is 1.44. The van der Waals surface area contributed by atoms with E-state index in [4.69, 9.17) is 0 Å². The van der Waals surface area contributed by atoms with Crippen LogP contribution in [0.5, 0.6) is 0 Å². The highest BCUT2D eigenvalue weighted by Gasteiger charge is 1.93. The first-order chi connectivity index (χ1) is 5.30. The van der Waals surface area contributed by atoms with Crippen molar-refractivity contribution in [2.24, 2.45) is 0 Å². The lowest BCUT2D eigenvalue weighted by molar-refractivity contribution is 0.302.